The summed E-state index contributed by atoms with van der Waals surface area (Å²) in [4.78, 5) is 3.88. The molecule has 0 radical (unpaired) electrons. The second-order valence-corrected chi connectivity index (χ2v) is 3.84. The first-order chi connectivity index (χ1) is 7.68. The fourth-order valence-electron chi connectivity index (χ4n) is 1.52. The summed E-state index contributed by atoms with van der Waals surface area (Å²) in [6.07, 6.45) is 3.14. The summed E-state index contributed by atoms with van der Waals surface area (Å²) in [5, 5.41) is 0.485. The molecule has 4 heteroatoms. The van der Waals surface area contributed by atoms with Gasteiger partial charge in [0, 0.05) is 12.4 Å². The Hall–Kier alpha value is -1.45. The molecule has 2 N–H and O–H groups in total. The third-order valence-corrected chi connectivity index (χ3v) is 2.66. The Morgan fingerprint density at radius 3 is 2.81 bits per heavy atom. The minimum Gasteiger partial charge on any atom is -0.320 e. The number of pyridine rings is 1. The molecule has 0 spiro atoms. The SMILES string of the molecule is NC(c1cccc(F)c1)c1ccncc1Cl. The van der Waals surface area contributed by atoms with Gasteiger partial charge in [-0.3, -0.25) is 4.98 Å². The van der Waals surface area contributed by atoms with Crippen molar-refractivity contribution in [1.29, 1.82) is 0 Å². The summed E-state index contributed by atoms with van der Waals surface area (Å²) in [5.41, 5.74) is 7.43. The number of nitrogens with two attached hydrogens (primary N) is 1. The maximum atomic E-state index is 13.0. The fraction of sp³-hybridized carbons (Fsp3) is 0.0833. The van der Waals surface area contributed by atoms with Gasteiger partial charge in [-0.1, -0.05) is 23.7 Å². The van der Waals surface area contributed by atoms with E-state index in [4.69, 9.17) is 17.3 Å². The number of hydrogen-bond donors (Lipinski definition) is 1. The van der Waals surface area contributed by atoms with Crippen molar-refractivity contribution in [3.63, 3.8) is 0 Å². The van der Waals surface area contributed by atoms with Crippen LogP contribution in [0.1, 0.15) is 17.2 Å². The summed E-state index contributed by atoms with van der Waals surface area (Å²) in [6.45, 7) is 0. The molecule has 0 aliphatic carbocycles. The number of hydrogen-bond acceptors (Lipinski definition) is 2. The van der Waals surface area contributed by atoms with Crippen molar-refractivity contribution in [2.75, 3.05) is 0 Å². The predicted octanol–water partition coefficient (Wildman–Crippen LogP) is 2.92. The van der Waals surface area contributed by atoms with Crippen molar-refractivity contribution in [2.45, 2.75) is 6.04 Å². The molecular weight excluding hydrogens is 227 g/mol. The van der Waals surface area contributed by atoms with E-state index in [1.165, 1.54) is 18.3 Å². The van der Waals surface area contributed by atoms with Crippen molar-refractivity contribution in [3.8, 4) is 0 Å². The molecule has 2 rings (SSSR count). The average molecular weight is 237 g/mol. The highest BCUT2D eigenvalue weighted by atomic mass is 35.5. The lowest BCUT2D eigenvalue weighted by molar-refractivity contribution is 0.623. The van der Waals surface area contributed by atoms with E-state index in [0.29, 0.717) is 10.6 Å². The van der Waals surface area contributed by atoms with Crippen LogP contribution in [0, 0.1) is 5.82 Å². The summed E-state index contributed by atoms with van der Waals surface area (Å²) in [7, 11) is 0. The van der Waals surface area contributed by atoms with Crippen molar-refractivity contribution in [3.05, 3.63) is 64.7 Å². The molecule has 0 fully saturated rings. The third-order valence-electron chi connectivity index (χ3n) is 2.35. The molecule has 0 aliphatic heterocycles. The Bertz CT molecular complexity index is 502. The molecule has 1 heterocycles. The topological polar surface area (TPSA) is 38.9 Å². The molecule has 1 unspecified atom stereocenters. The van der Waals surface area contributed by atoms with Gasteiger partial charge in [0.2, 0.25) is 0 Å². The summed E-state index contributed by atoms with van der Waals surface area (Å²) in [6, 6.07) is 7.47. The molecule has 2 aromatic rings. The molecule has 0 amide bonds. The van der Waals surface area contributed by atoms with Crippen LogP contribution >= 0.6 is 11.6 Å². The first-order valence-electron chi connectivity index (χ1n) is 4.79. The van der Waals surface area contributed by atoms with E-state index >= 15 is 0 Å². The van der Waals surface area contributed by atoms with E-state index in [-0.39, 0.29) is 5.82 Å². The van der Waals surface area contributed by atoms with E-state index < -0.39 is 6.04 Å². The van der Waals surface area contributed by atoms with E-state index in [9.17, 15) is 4.39 Å². The average Bonchev–Trinajstić information content (AvgIpc) is 2.29. The second kappa shape index (κ2) is 4.60. The van der Waals surface area contributed by atoms with Gasteiger partial charge < -0.3 is 5.73 Å². The normalized spacial score (nSPS) is 12.4. The van der Waals surface area contributed by atoms with Crippen LogP contribution in [0.5, 0.6) is 0 Å². The summed E-state index contributed by atoms with van der Waals surface area (Å²) >= 11 is 5.97. The highest BCUT2D eigenvalue weighted by Gasteiger charge is 2.12. The van der Waals surface area contributed by atoms with Crippen LogP contribution in [-0.4, -0.2) is 4.98 Å². The first-order valence-corrected chi connectivity index (χ1v) is 5.17. The zero-order valence-corrected chi connectivity index (χ0v) is 9.16. The fourth-order valence-corrected chi connectivity index (χ4v) is 1.75. The van der Waals surface area contributed by atoms with Gasteiger partial charge in [-0.2, -0.15) is 0 Å². The Morgan fingerprint density at radius 2 is 2.12 bits per heavy atom. The van der Waals surface area contributed by atoms with Crippen LogP contribution in [0.3, 0.4) is 0 Å². The van der Waals surface area contributed by atoms with Crippen molar-refractivity contribution < 1.29 is 4.39 Å². The molecule has 82 valence electrons. The minimum absolute atomic E-state index is 0.307. The second-order valence-electron chi connectivity index (χ2n) is 3.43. The van der Waals surface area contributed by atoms with E-state index in [0.717, 1.165) is 5.56 Å². The summed E-state index contributed by atoms with van der Waals surface area (Å²) in [5.74, 6) is -0.307. The highest BCUT2D eigenvalue weighted by Crippen LogP contribution is 2.25. The summed E-state index contributed by atoms with van der Waals surface area (Å²) < 4.78 is 13.0. The monoisotopic (exact) mass is 236 g/mol. The standard InChI is InChI=1S/C12H10ClFN2/c13-11-7-16-5-4-10(11)12(15)8-2-1-3-9(14)6-8/h1-7,12H,15H2. The maximum absolute atomic E-state index is 13.0. The van der Waals surface area contributed by atoms with Gasteiger partial charge in [-0.25, -0.2) is 4.39 Å². The van der Waals surface area contributed by atoms with Gasteiger partial charge in [0.1, 0.15) is 5.82 Å². The van der Waals surface area contributed by atoms with Crippen molar-refractivity contribution >= 4 is 11.6 Å². The molecule has 1 atom stereocenters. The van der Waals surface area contributed by atoms with Gasteiger partial charge in [0.05, 0.1) is 11.1 Å². The van der Waals surface area contributed by atoms with Gasteiger partial charge in [0.25, 0.3) is 0 Å². The first kappa shape index (κ1) is 11.0. The van der Waals surface area contributed by atoms with Gasteiger partial charge in [-0.05, 0) is 29.3 Å². The molecule has 2 nitrogen and oxygen atoms in total. The number of aromatic nitrogens is 1. The molecule has 1 aromatic carbocycles. The van der Waals surface area contributed by atoms with E-state index in [1.807, 2.05) is 0 Å². The largest absolute Gasteiger partial charge is 0.320 e. The number of halogens is 2. The molecule has 0 aliphatic rings. The quantitative estimate of drug-likeness (QED) is 0.871. The highest BCUT2D eigenvalue weighted by molar-refractivity contribution is 6.31. The Kier molecular flexibility index (Phi) is 3.17. The van der Waals surface area contributed by atoms with Crippen molar-refractivity contribution in [2.24, 2.45) is 5.73 Å². The zero-order valence-electron chi connectivity index (χ0n) is 8.40. The predicted molar refractivity (Wildman–Crippen MR) is 61.7 cm³/mol. The van der Waals surface area contributed by atoms with Crippen molar-refractivity contribution in [1.82, 2.24) is 4.98 Å². The van der Waals surface area contributed by atoms with Crippen LogP contribution < -0.4 is 5.73 Å². The lowest BCUT2D eigenvalue weighted by Crippen LogP contribution is -2.12. The molecule has 0 saturated carbocycles. The Balaban J connectivity index is 2.39. The Morgan fingerprint density at radius 1 is 1.31 bits per heavy atom. The molecule has 0 saturated heterocycles. The van der Waals surface area contributed by atoms with E-state index in [1.54, 1.807) is 24.4 Å². The lowest BCUT2D eigenvalue weighted by atomic mass is 10.0. The number of benzene rings is 1. The molecule has 1 aromatic heterocycles. The smallest absolute Gasteiger partial charge is 0.123 e. The third kappa shape index (κ3) is 2.21. The zero-order chi connectivity index (χ0) is 11.5. The number of nitrogens with zero attached hydrogens (tertiary/aromatic N) is 1. The molecular formula is C12H10ClFN2. The molecule has 0 bridgehead atoms. The lowest BCUT2D eigenvalue weighted by Gasteiger charge is -2.13. The minimum atomic E-state index is -0.439. The van der Waals surface area contributed by atoms with Crippen LogP contribution in [0.2, 0.25) is 5.02 Å². The van der Waals surface area contributed by atoms with E-state index in [2.05, 4.69) is 4.98 Å². The Labute approximate surface area is 97.9 Å². The van der Waals surface area contributed by atoms with Gasteiger partial charge in [-0.15, -0.1) is 0 Å². The van der Waals surface area contributed by atoms with Gasteiger partial charge >= 0.3 is 0 Å². The van der Waals surface area contributed by atoms with Crippen LogP contribution in [-0.2, 0) is 0 Å². The van der Waals surface area contributed by atoms with Crippen LogP contribution in [0.25, 0.3) is 0 Å². The molecule has 16 heavy (non-hydrogen) atoms. The maximum Gasteiger partial charge on any atom is 0.123 e. The number of rotatable bonds is 2. The van der Waals surface area contributed by atoms with Gasteiger partial charge in [0.15, 0.2) is 0 Å². The van der Waals surface area contributed by atoms with Crippen LogP contribution in [0.4, 0.5) is 4.39 Å². The van der Waals surface area contributed by atoms with Crippen LogP contribution in [0.15, 0.2) is 42.7 Å².